The molecule has 2 aliphatic heterocycles. The zero-order valence-electron chi connectivity index (χ0n) is 18.3. The molecular formula is C23H32N4O3. The minimum Gasteiger partial charge on any atom is -0.337 e. The monoisotopic (exact) mass is 412 g/mol. The Bertz CT molecular complexity index is 901. The fraction of sp³-hybridized carbons (Fsp3) is 0.652. The van der Waals surface area contributed by atoms with Gasteiger partial charge in [-0.15, -0.1) is 0 Å². The van der Waals surface area contributed by atoms with Crippen LogP contribution in [-0.4, -0.2) is 62.4 Å². The molecule has 2 amide bonds. The van der Waals surface area contributed by atoms with Crippen LogP contribution in [0.15, 0.2) is 11.6 Å². The molecule has 2 atom stereocenters. The molecule has 7 heteroatoms. The van der Waals surface area contributed by atoms with Crippen LogP contribution in [0.2, 0.25) is 0 Å². The second kappa shape index (κ2) is 8.36. The van der Waals surface area contributed by atoms with Crippen LogP contribution in [0.5, 0.6) is 0 Å². The van der Waals surface area contributed by atoms with Crippen LogP contribution in [0.4, 0.5) is 0 Å². The number of carbonyl (C=O) groups is 3. The first-order chi connectivity index (χ1) is 14.4. The Morgan fingerprint density at radius 1 is 1.20 bits per heavy atom. The Balaban J connectivity index is 1.38. The largest absolute Gasteiger partial charge is 0.337 e. The smallest absolute Gasteiger partial charge is 0.225 e. The van der Waals surface area contributed by atoms with Crippen LogP contribution in [0.1, 0.15) is 73.6 Å². The van der Waals surface area contributed by atoms with Gasteiger partial charge in [0.25, 0.3) is 0 Å². The molecule has 1 aliphatic carbocycles. The number of likely N-dealkylation sites (tertiary alicyclic amines) is 2. The summed E-state index contributed by atoms with van der Waals surface area (Å²) in [6, 6.07) is 0.157. The number of nitrogens with zero attached hydrogens (tertiary/aromatic N) is 4. The van der Waals surface area contributed by atoms with Gasteiger partial charge >= 0.3 is 0 Å². The predicted octanol–water partition coefficient (Wildman–Crippen LogP) is 2.79. The Hall–Kier alpha value is -2.44. The van der Waals surface area contributed by atoms with Gasteiger partial charge in [-0.1, -0.05) is 11.6 Å². The van der Waals surface area contributed by atoms with Crippen LogP contribution in [-0.2, 0) is 16.1 Å². The fourth-order valence-electron chi connectivity index (χ4n) is 5.48. The first-order valence-corrected chi connectivity index (χ1v) is 11.2. The molecule has 0 aromatic carbocycles. The Morgan fingerprint density at radius 2 is 2.00 bits per heavy atom. The Labute approximate surface area is 178 Å². The number of aromatic nitrogens is 2. The maximum atomic E-state index is 13.0. The average molecular weight is 413 g/mol. The van der Waals surface area contributed by atoms with Crippen LogP contribution in [0.3, 0.4) is 0 Å². The Morgan fingerprint density at radius 3 is 2.67 bits per heavy atom. The van der Waals surface area contributed by atoms with Gasteiger partial charge in [-0.05, 0) is 52.9 Å². The first kappa shape index (κ1) is 20.8. The van der Waals surface area contributed by atoms with Gasteiger partial charge in [0.05, 0.1) is 23.3 Å². The highest BCUT2D eigenvalue weighted by Crippen LogP contribution is 2.34. The summed E-state index contributed by atoms with van der Waals surface area (Å²) in [4.78, 5) is 41.4. The molecule has 0 unspecified atom stereocenters. The number of hydrogen-bond acceptors (Lipinski definition) is 4. The Kier molecular flexibility index (Phi) is 5.80. The lowest BCUT2D eigenvalue weighted by Gasteiger charge is -2.27. The quantitative estimate of drug-likeness (QED) is 0.532. The van der Waals surface area contributed by atoms with Crippen molar-refractivity contribution in [3.63, 3.8) is 0 Å². The maximum Gasteiger partial charge on any atom is 0.225 e. The van der Waals surface area contributed by atoms with Crippen LogP contribution in [0, 0.1) is 13.8 Å². The normalized spacial score (nSPS) is 23.7. The lowest BCUT2D eigenvalue weighted by molar-refractivity contribution is -0.132. The molecule has 162 valence electrons. The summed E-state index contributed by atoms with van der Waals surface area (Å²) in [5.74, 6) is 0.257. The molecule has 7 nitrogen and oxygen atoms in total. The molecule has 0 bridgehead atoms. The standard InChI is InChI=1S/C23H32N4O3/c1-15-23(17(3)28)16(2)27(24-15)12-10-21(29)25-11-9-19-20(25)13-22(30)26(19)14-18-7-5-4-6-8-18/h7,19-20H,4-6,8-14H2,1-3H3/t19-,20-/m0/s1. The van der Waals surface area contributed by atoms with Crippen molar-refractivity contribution in [2.45, 2.75) is 84.3 Å². The highest BCUT2D eigenvalue weighted by molar-refractivity contribution is 5.96. The molecule has 1 aromatic heterocycles. The van der Waals surface area contributed by atoms with E-state index in [-0.39, 0.29) is 29.7 Å². The summed E-state index contributed by atoms with van der Waals surface area (Å²) in [7, 11) is 0. The maximum absolute atomic E-state index is 13.0. The van der Waals surface area contributed by atoms with Crippen LogP contribution < -0.4 is 0 Å². The van der Waals surface area contributed by atoms with Gasteiger partial charge in [-0.3, -0.25) is 19.1 Å². The second-order valence-corrected chi connectivity index (χ2v) is 8.92. The number of amides is 2. The topological polar surface area (TPSA) is 75.5 Å². The molecule has 1 aromatic rings. The van der Waals surface area contributed by atoms with Crippen molar-refractivity contribution >= 4 is 17.6 Å². The molecule has 3 aliphatic rings. The molecule has 0 radical (unpaired) electrons. The number of Topliss-reactive ketones (excluding diaryl/α,β-unsaturated/α-hetero) is 1. The van der Waals surface area contributed by atoms with Crippen molar-refractivity contribution in [2.75, 3.05) is 13.1 Å². The summed E-state index contributed by atoms with van der Waals surface area (Å²) in [6.45, 7) is 7.16. The molecule has 4 rings (SSSR count). The van der Waals surface area contributed by atoms with Gasteiger partial charge in [0.2, 0.25) is 11.8 Å². The summed E-state index contributed by atoms with van der Waals surface area (Å²) in [5, 5.41) is 4.44. The van der Waals surface area contributed by atoms with Crippen molar-refractivity contribution in [1.82, 2.24) is 19.6 Å². The lowest BCUT2D eigenvalue weighted by atomic mass is 9.99. The number of ketones is 1. The summed E-state index contributed by atoms with van der Waals surface area (Å²) in [5.41, 5.74) is 3.56. The van der Waals surface area contributed by atoms with E-state index in [9.17, 15) is 14.4 Å². The van der Waals surface area contributed by atoms with Gasteiger partial charge in [0.15, 0.2) is 5.78 Å². The van der Waals surface area contributed by atoms with E-state index in [2.05, 4.69) is 11.2 Å². The highest BCUT2D eigenvalue weighted by Gasteiger charge is 2.48. The minimum atomic E-state index is 0.00225. The average Bonchev–Trinajstić information content (AvgIpc) is 3.33. The van der Waals surface area contributed by atoms with Gasteiger partial charge < -0.3 is 9.80 Å². The first-order valence-electron chi connectivity index (χ1n) is 11.2. The minimum absolute atomic E-state index is 0.00225. The third-order valence-electron chi connectivity index (χ3n) is 6.96. The number of allylic oxidation sites excluding steroid dienone is 1. The van der Waals surface area contributed by atoms with Crippen molar-refractivity contribution in [2.24, 2.45) is 0 Å². The van der Waals surface area contributed by atoms with Gasteiger partial charge in [0, 0.05) is 38.2 Å². The highest BCUT2D eigenvalue weighted by atomic mass is 16.2. The SMILES string of the molecule is CC(=O)c1c(C)nn(CCC(=O)N2CC[C@H]3[C@@H]2CC(=O)N3CC2=CCCCC2)c1C. The molecule has 0 spiro atoms. The van der Waals surface area contributed by atoms with Crippen molar-refractivity contribution < 1.29 is 14.4 Å². The molecule has 3 heterocycles. The van der Waals surface area contributed by atoms with Crippen molar-refractivity contribution in [3.05, 3.63) is 28.6 Å². The third kappa shape index (κ3) is 3.82. The third-order valence-corrected chi connectivity index (χ3v) is 6.96. The number of carbonyl (C=O) groups excluding carboxylic acids is 3. The summed E-state index contributed by atoms with van der Waals surface area (Å²) < 4.78 is 1.76. The van der Waals surface area contributed by atoms with E-state index in [1.807, 2.05) is 23.6 Å². The zero-order valence-corrected chi connectivity index (χ0v) is 18.3. The van der Waals surface area contributed by atoms with E-state index in [0.29, 0.717) is 37.2 Å². The van der Waals surface area contributed by atoms with Crippen LogP contribution >= 0.6 is 0 Å². The van der Waals surface area contributed by atoms with Gasteiger partial charge in [-0.25, -0.2) is 0 Å². The summed E-state index contributed by atoms with van der Waals surface area (Å²) in [6.07, 6.45) is 8.61. The molecule has 30 heavy (non-hydrogen) atoms. The van der Waals surface area contributed by atoms with Crippen LogP contribution in [0.25, 0.3) is 0 Å². The fourth-order valence-corrected chi connectivity index (χ4v) is 5.48. The van der Waals surface area contributed by atoms with Gasteiger partial charge in [0.1, 0.15) is 0 Å². The number of hydrogen-bond donors (Lipinski definition) is 0. The van der Waals surface area contributed by atoms with E-state index >= 15 is 0 Å². The number of rotatable bonds is 6. The number of fused-ring (bicyclic) bond motifs is 1. The molecule has 0 saturated carbocycles. The second-order valence-electron chi connectivity index (χ2n) is 8.92. The van der Waals surface area contributed by atoms with E-state index in [1.54, 1.807) is 11.6 Å². The van der Waals surface area contributed by atoms with Crippen molar-refractivity contribution in [3.8, 4) is 0 Å². The molecule has 0 N–H and O–H groups in total. The van der Waals surface area contributed by atoms with E-state index in [4.69, 9.17) is 0 Å². The lowest BCUT2D eigenvalue weighted by Crippen LogP contribution is -2.40. The number of aryl methyl sites for hydroxylation is 2. The summed E-state index contributed by atoms with van der Waals surface area (Å²) >= 11 is 0. The zero-order chi connectivity index (χ0) is 21.4. The van der Waals surface area contributed by atoms with Crippen molar-refractivity contribution in [1.29, 1.82) is 0 Å². The molecule has 2 saturated heterocycles. The predicted molar refractivity (Wildman–Crippen MR) is 113 cm³/mol. The molecule has 2 fully saturated rings. The van der Waals surface area contributed by atoms with E-state index in [0.717, 1.165) is 31.5 Å². The van der Waals surface area contributed by atoms with E-state index < -0.39 is 0 Å². The molecular weight excluding hydrogens is 380 g/mol. The van der Waals surface area contributed by atoms with E-state index in [1.165, 1.54) is 18.4 Å². The van der Waals surface area contributed by atoms with Gasteiger partial charge in [-0.2, -0.15) is 5.10 Å².